The molecule has 0 aliphatic rings. The van der Waals surface area contributed by atoms with Crippen LogP contribution in [-0.4, -0.2) is 43.2 Å². The predicted molar refractivity (Wildman–Crippen MR) is 70.8 cm³/mol. The Morgan fingerprint density at radius 1 is 1.48 bits per heavy atom. The molecule has 5 N–H and O–H groups in total. The number of carboxylic acid groups (broad SMARTS) is 1. The summed E-state index contributed by atoms with van der Waals surface area (Å²) in [7, 11) is 1.34. The van der Waals surface area contributed by atoms with Crippen molar-refractivity contribution in [2.45, 2.75) is 0 Å². The number of carbonyl (C=O) groups excluding carboxylic acids is 1. The van der Waals surface area contributed by atoms with Crippen molar-refractivity contribution < 1.29 is 19.8 Å². The van der Waals surface area contributed by atoms with Gasteiger partial charge in [-0.05, 0) is 0 Å². The summed E-state index contributed by atoms with van der Waals surface area (Å²) in [5, 5.41) is 20.6. The number of aromatic hydroxyl groups is 1. The Kier molecular flexibility index (Phi) is 3.44. The Morgan fingerprint density at radius 3 is 2.76 bits per heavy atom. The third-order valence-corrected chi connectivity index (χ3v) is 2.74. The van der Waals surface area contributed by atoms with Crippen LogP contribution in [0.1, 0.15) is 10.4 Å². The van der Waals surface area contributed by atoms with E-state index < -0.39 is 35.3 Å². The highest BCUT2D eigenvalue weighted by atomic mass is 16.4. The molecule has 0 atom stereocenters. The van der Waals surface area contributed by atoms with Crippen molar-refractivity contribution in [3.05, 3.63) is 22.1 Å². The van der Waals surface area contributed by atoms with Gasteiger partial charge < -0.3 is 21.3 Å². The van der Waals surface area contributed by atoms with Gasteiger partial charge in [-0.2, -0.15) is 4.98 Å². The molecule has 0 radical (unpaired) electrons. The van der Waals surface area contributed by atoms with Crippen LogP contribution >= 0.6 is 0 Å². The first kappa shape index (κ1) is 14.2. The number of anilines is 1. The zero-order valence-electron chi connectivity index (χ0n) is 10.8. The minimum absolute atomic E-state index is 0.0479. The van der Waals surface area contributed by atoms with E-state index in [1.165, 1.54) is 13.2 Å². The SMILES string of the molecule is Cn1c(=O)c(C(=O)NCC(=O)O)c(O)c2cnc(N)nc21. The number of aryl methyl sites for hydroxylation is 1. The minimum Gasteiger partial charge on any atom is -0.506 e. The molecule has 2 aromatic heterocycles. The van der Waals surface area contributed by atoms with Gasteiger partial charge >= 0.3 is 5.97 Å². The third-order valence-electron chi connectivity index (χ3n) is 2.74. The van der Waals surface area contributed by atoms with Crippen LogP contribution in [0.2, 0.25) is 0 Å². The predicted octanol–water partition coefficient (Wildman–Crippen LogP) is -1.57. The first-order valence-corrected chi connectivity index (χ1v) is 5.67. The summed E-state index contributed by atoms with van der Waals surface area (Å²) in [4.78, 5) is 41.9. The summed E-state index contributed by atoms with van der Waals surface area (Å²) in [6.07, 6.45) is 1.17. The maximum atomic E-state index is 12.1. The second-order valence-corrected chi connectivity index (χ2v) is 4.13. The lowest BCUT2D eigenvalue weighted by molar-refractivity contribution is -0.135. The average molecular weight is 293 g/mol. The lowest BCUT2D eigenvalue weighted by atomic mass is 10.1. The van der Waals surface area contributed by atoms with E-state index in [2.05, 4.69) is 9.97 Å². The van der Waals surface area contributed by atoms with Gasteiger partial charge in [0.2, 0.25) is 5.95 Å². The van der Waals surface area contributed by atoms with Crippen molar-refractivity contribution in [2.75, 3.05) is 12.3 Å². The number of carbonyl (C=O) groups is 2. The van der Waals surface area contributed by atoms with Gasteiger partial charge in [0.15, 0.2) is 5.65 Å². The largest absolute Gasteiger partial charge is 0.506 e. The summed E-state index contributed by atoms with van der Waals surface area (Å²) < 4.78 is 1.02. The molecule has 0 unspecified atom stereocenters. The second-order valence-electron chi connectivity index (χ2n) is 4.13. The van der Waals surface area contributed by atoms with Gasteiger partial charge in [0.1, 0.15) is 17.9 Å². The second kappa shape index (κ2) is 5.07. The Morgan fingerprint density at radius 2 is 2.14 bits per heavy atom. The topological polar surface area (TPSA) is 160 Å². The monoisotopic (exact) mass is 293 g/mol. The summed E-state index contributed by atoms with van der Waals surface area (Å²) in [6.45, 7) is -0.683. The van der Waals surface area contributed by atoms with Gasteiger partial charge in [0.05, 0.1) is 5.39 Å². The van der Waals surface area contributed by atoms with Crippen LogP contribution in [0, 0.1) is 0 Å². The van der Waals surface area contributed by atoms with E-state index in [-0.39, 0.29) is 17.0 Å². The number of hydrogen-bond donors (Lipinski definition) is 4. The number of nitrogens with one attached hydrogen (secondary N) is 1. The fraction of sp³-hybridized carbons (Fsp3) is 0.182. The summed E-state index contributed by atoms with van der Waals surface area (Å²) >= 11 is 0. The minimum atomic E-state index is -1.28. The van der Waals surface area contributed by atoms with E-state index in [0.29, 0.717) is 0 Å². The van der Waals surface area contributed by atoms with Crippen molar-refractivity contribution >= 4 is 28.9 Å². The van der Waals surface area contributed by atoms with Crippen LogP contribution in [0.4, 0.5) is 5.95 Å². The molecule has 110 valence electrons. The van der Waals surface area contributed by atoms with E-state index in [1.54, 1.807) is 0 Å². The van der Waals surface area contributed by atoms with Crippen LogP contribution in [0.15, 0.2) is 11.0 Å². The molecule has 0 spiro atoms. The van der Waals surface area contributed by atoms with Gasteiger partial charge in [0, 0.05) is 13.2 Å². The number of aromatic nitrogens is 3. The average Bonchev–Trinajstić information content (AvgIpc) is 2.42. The van der Waals surface area contributed by atoms with E-state index in [0.717, 1.165) is 4.57 Å². The van der Waals surface area contributed by atoms with Gasteiger partial charge in [-0.15, -0.1) is 0 Å². The van der Waals surface area contributed by atoms with Crippen LogP contribution in [0.5, 0.6) is 5.75 Å². The molecule has 0 saturated carbocycles. The van der Waals surface area contributed by atoms with Crippen LogP contribution < -0.4 is 16.6 Å². The van der Waals surface area contributed by atoms with Gasteiger partial charge in [0.25, 0.3) is 11.5 Å². The van der Waals surface area contributed by atoms with Crippen LogP contribution in [0.3, 0.4) is 0 Å². The Hall–Kier alpha value is -3.17. The number of nitrogens with two attached hydrogens (primary N) is 1. The van der Waals surface area contributed by atoms with Gasteiger partial charge in [-0.25, -0.2) is 4.98 Å². The zero-order chi connectivity index (χ0) is 15.7. The van der Waals surface area contributed by atoms with Gasteiger partial charge in [-0.1, -0.05) is 0 Å². The highest BCUT2D eigenvalue weighted by Gasteiger charge is 2.22. The van der Waals surface area contributed by atoms with E-state index >= 15 is 0 Å². The smallest absolute Gasteiger partial charge is 0.322 e. The molecular formula is C11H11N5O5. The molecule has 2 aromatic rings. The number of hydrogen-bond acceptors (Lipinski definition) is 7. The molecule has 0 saturated heterocycles. The lowest BCUT2D eigenvalue weighted by Gasteiger charge is -2.10. The maximum Gasteiger partial charge on any atom is 0.322 e. The number of amides is 1. The Bertz CT molecular complexity index is 813. The maximum absolute atomic E-state index is 12.1. The molecule has 1 amide bonds. The van der Waals surface area contributed by atoms with E-state index in [1.807, 2.05) is 5.32 Å². The fourth-order valence-electron chi connectivity index (χ4n) is 1.76. The van der Waals surface area contributed by atoms with Crippen molar-refractivity contribution in [2.24, 2.45) is 7.05 Å². The zero-order valence-corrected chi connectivity index (χ0v) is 10.8. The normalized spacial score (nSPS) is 10.5. The first-order valence-electron chi connectivity index (χ1n) is 5.67. The van der Waals surface area contributed by atoms with Crippen molar-refractivity contribution in [1.29, 1.82) is 0 Å². The summed E-state index contributed by atoms with van der Waals surface area (Å²) in [5.41, 5.74) is 4.05. The molecular weight excluding hydrogens is 282 g/mol. The lowest BCUT2D eigenvalue weighted by Crippen LogP contribution is -2.35. The molecule has 0 bridgehead atoms. The molecule has 2 rings (SSSR count). The summed E-state index contributed by atoms with van der Waals surface area (Å²) in [5.74, 6) is -3.01. The molecule has 10 heteroatoms. The highest BCUT2D eigenvalue weighted by Crippen LogP contribution is 2.24. The Labute approximate surface area is 116 Å². The number of aliphatic carboxylic acids is 1. The molecule has 0 aromatic carbocycles. The standard InChI is InChI=1S/C11H11N5O5/c1-16-8-4(2-14-11(12)15-8)7(19)6(10(16)21)9(20)13-3-5(17)18/h2,19H,3H2,1H3,(H,13,20)(H,17,18)(H2,12,14,15). The Balaban J connectivity index is 2.65. The van der Waals surface area contributed by atoms with Crippen molar-refractivity contribution in [3.63, 3.8) is 0 Å². The van der Waals surface area contributed by atoms with Gasteiger partial charge in [-0.3, -0.25) is 19.0 Å². The molecule has 21 heavy (non-hydrogen) atoms. The van der Waals surface area contributed by atoms with E-state index in [9.17, 15) is 19.5 Å². The van der Waals surface area contributed by atoms with E-state index in [4.69, 9.17) is 10.8 Å². The molecule has 0 aliphatic carbocycles. The highest BCUT2D eigenvalue weighted by molar-refractivity contribution is 6.02. The molecule has 0 fully saturated rings. The molecule has 0 aliphatic heterocycles. The number of fused-ring (bicyclic) bond motifs is 1. The number of rotatable bonds is 3. The van der Waals surface area contributed by atoms with Crippen molar-refractivity contribution in [3.8, 4) is 5.75 Å². The summed E-state index contributed by atoms with van der Waals surface area (Å²) in [6, 6.07) is 0. The fourth-order valence-corrected chi connectivity index (χ4v) is 1.76. The van der Waals surface area contributed by atoms with Crippen molar-refractivity contribution in [1.82, 2.24) is 19.9 Å². The third kappa shape index (κ3) is 2.45. The quantitative estimate of drug-likeness (QED) is 0.527. The van der Waals surface area contributed by atoms with Crippen LogP contribution in [-0.2, 0) is 11.8 Å². The molecule has 2 heterocycles. The molecule has 10 nitrogen and oxygen atoms in total. The number of nitrogen functional groups attached to an aromatic ring is 1. The first-order chi connectivity index (χ1) is 9.82. The number of carboxylic acids is 1. The number of pyridine rings is 1. The van der Waals surface area contributed by atoms with Crippen LogP contribution in [0.25, 0.3) is 11.0 Å². The number of nitrogens with zero attached hydrogens (tertiary/aromatic N) is 3.